The lowest BCUT2D eigenvalue weighted by atomic mass is 9.79. The molecule has 4 aromatic rings. The number of carbonyl (C=O) groups excluding carboxylic acids is 5. The molecule has 1 aliphatic rings. The van der Waals surface area contributed by atoms with Gasteiger partial charge in [0.2, 0.25) is 18.6 Å². The Morgan fingerprint density at radius 2 is 1.27 bits per heavy atom. The maximum atomic E-state index is 14.8. The van der Waals surface area contributed by atoms with E-state index in [1.807, 2.05) is 91.0 Å². The van der Waals surface area contributed by atoms with Gasteiger partial charge in [0, 0.05) is 24.4 Å². The van der Waals surface area contributed by atoms with E-state index < -0.39 is 66.7 Å². The summed E-state index contributed by atoms with van der Waals surface area (Å²) in [6, 6.07) is 32.8. The van der Waals surface area contributed by atoms with Crippen molar-refractivity contribution < 1.29 is 38.6 Å². The Morgan fingerprint density at radius 1 is 0.784 bits per heavy atom. The summed E-state index contributed by atoms with van der Waals surface area (Å²) >= 11 is 0. The van der Waals surface area contributed by atoms with Crippen molar-refractivity contribution in [1.29, 1.82) is 0 Å². The number of likely N-dealkylation sites (tertiary alicyclic amines) is 1. The number of nitrogens with zero attached hydrogens (tertiary/aromatic N) is 1. The first-order valence-corrected chi connectivity index (χ1v) is 18.3. The van der Waals surface area contributed by atoms with Crippen LogP contribution in [-0.4, -0.2) is 63.9 Å². The van der Waals surface area contributed by atoms with E-state index in [-0.39, 0.29) is 23.0 Å². The van der Waals surface area contributed by atoms with E-state index in [1.165, 1.54) is 36.1 Å². The summed E-state index contributed by atoms with van der Waals surface area (Å²) in [6.07, 6.45) is -1.47. The Labute approximate surface area is 297 Å². The molecule has 3 N–H and O–H groups in total. The second-order valence-electron chi connectivity index (χ2n) is 13.3. The molecule has 0 bridgehead atoms. The van der Waals surface area contributed by atoms with Crippen LogP contribution in [0.3, 0.4) is 0 Å². The molecular formula is C40H41N2O8P. The average Bonchev–Trinajstić information content (AvgIpc) is 3.12. The van der Waals surface area contributed by atoms with Crippen molar-refractivity contribution in [3.8, 4) is 0 Å². The predicted octanol–water partition coefficient (Wildman–Crippen LogP) is 3.78. The molecule has 264 valence electrons. The number of ether oxygens (including phenoxy) is 2. The van der Waals surface area contributed by atoms with Crippen LogP contribution in [0.1, 0.15) is 54.8 Å². The monoisotopic (exact) mass is 708 g/mol. The van der Waals surface area contributed by atoms with Gasteiger partial charge in [0.25, 0.3) is 0 Å². The molecule has 0 unspecified atom stereocenters. The van der Waals surface area contributed by atoms with Gasteiger partial charge in [-0.25, -0.2) is 4.79 Å². The topological polar surface area (TPSA) is 153 Å². The fourth-order valence-corrected chi connectivity index (χ4v) is 10.7. The van der Waals surface area contributed by atoms with E-state index in [1.54, 1.807) is 20.8 Å². The number of ketones is 1. The molecule has 0 aliphatic carbocycles. The maximum Gasteiger partial charge on any atom is 0.358 e. The third-order valence-corrected chi connectivity index (χ3v) is 13.1. The Kier molecular flexibility index (Phi) is 11.1. The molecule has 0 spiro atoms. The van der Waals surface area contributed by atoms with Crippen molar-refractivity contribution >= 4 is 57.8 Å². The molecule has 10 nitrogen and oxygen atoms in total. The largest absolute Gasteiger partial charge is 0.427 e. The predicted molar refractivity (Wildman–Crippen MR) is 196 cm³/mol. The number of aliphatic hydroxyl groups excluding tert-OH is 1. The minimum absolute atomic E-state index is 0.0384. The fourth-order valence-electron chi connectivity index (χ4n) is 6.31. The van der Waals surface area contributed by atoms with E-state index in [9.17, 15) is 29.1 Å². The number of carbonyl (C=O) groups is 5. The van der Waals surface area contributed by atoms with Crippen LogP contribution in [0, 0.1) is 11.3 Å². The zero-order valence-corrected chi connectivity index (χ0v) is 29.8. The van der Waals surface area contributed by atoms with Gasteiger partial charge >= 0.3 is 11.9 Å². The Hall–Kier alpha value is -5.31. The minimum Gasteiger partial charge on any atom is -0.427 e. The fraction of sp³-hybridized carbons (Fsp3) is 0.250. The number of amides is 2. The van der Waals surface area contributed by atoms with Crippen molar-refractivity contribution in [3.63, 3.8) is 0 Å². The highest BCUT2D eigenvalue weighted by Crippen LogP contribution is 2.50. The van der Waals surface area contributed by atoms with Gasteiger partial charge in [-0.3, -0.25) is 19.2 Å². The van der Waals surface area contributed by atoms with Gasteiger partial charge in [-0.2, -0.15) is 0 Å². The molecular weight excluding hydrogens is 667 g/mol. The second-order valence-corrected chi connectivity index (χ2v) is 16.7. The molecule has 0 saturated carbocycles. The summed E-state index contributed by atoms with van der Waals surface area (Å²) in [5.74, 6) is -4.27. The summed E-state index contributed by atoms with van der Waals surface area (Å²) < 4.78 is 11.1. The maximum absolute atomic E-state index is 14.8. The van der Waals surface area contributed by atoms with Gasteiger partial charge in [-0.1, -0.05) is 103 Å². The molecule has 51 heavy (non-hydrogen) atoms. The van der Waals surface area contributed by atoms with E-state index in [2.05, 4.69) is 0 Å². The standard InChI is InChI=1S/C40H41N2O8P/c1-26(43)34-32(24-33(44)27-15-14-16-28(23-27)35(41)45)42(36(34)46)37(38(47)49-25-50-39(48)40(2,3)4)51(29-17-8-5-9-18-29,30-19-10-6-11-20-30)31-21-12-7-13-22-31/h5-23,26,32,34,43H,24-25H2,1-4H3,(H2,41,45)/t26-,32-,34-/m1/s1. The molecule has 1 heterocycles. The minimum atomic E-state index is -3.35. The number of Topliss-reactive ketones (excluding diaryl/α,β-unsaturated/α-hetero) is 1. The summed E-state index contributed by atoms with van der Waals surface area (Å²) in [7, 11) is 0. The number of hydrogen-bond donors (Lipinski definition) is 2. The lowest BCUT2D eigenvalue weighted by Gasteiger charge is -2.50. The first-order chi connectivity index (χ1) is 24.3. The molecule has 0 radical (unpaired) electrons. The molecule has 1 fully saturated rings. The lowest BCUT2D eigenvalue weighted by molar-refractivity contribution is -0.171. The van der Waals surface area contributed by atoms with Crippen LogP contribution in [0.5, 0.6) is 0 Å². The highest BCUT2D eigenvalue weighted by atomic mass is 31.2. The van der Waals surface area contributed by atoms with Crippen LogP contribution in [0.2, 0.25) is 0 Å². The van der Waals surface area contributed by atoms with Crippen LogP contribution >= 0.6 is 6.89 Å². The summed E-state index contributed by atoms with van der Waals surface area (Å²) in [4.78, 5) is 68.9. The zero-order chi connectivity index (χ0) is 36.9. The van der Waals surface area contributed by atoms with Gasteiger partial charge in [0.05, 0.1) is 23.5 Å². The number of nitrogens with two attached hydrogens (primary N) is 1. The van der Waals surface area contributed by atoms with Crippen molar-refractivity contribution in [3.05, 3.63) is 126 Å². The number of esters is 2. The normalized spacial score (nSPS) is 16.4. The third kappa shape index (κ3) is 7.43. The van der Waals surface area contributed by atoms with Crippen LogP contribution in [0.25, 0.3) is 0 Å². The van der Waals surface area contributed by atoms with Gasteiger partial charge in [-0.15, -0.1) is 0 Å². The molecule has 1 saturated heterocycles. The van der Waals surface area contributed by atoms with Crippen LogP contribution in [-0.2, 0) is 23.9 Å². The third-order valence-electron chi connectivity index (χ3n) is 8.80. The quantitative estimate of drug-likeness (QED) is 0.0742. The van der Waals surface area contributed by atoms with Gasteiger partial charge < -0.3 is 25.2 Å². The van der Waals surface area contributed by atoms with E-state index >= 15 is 0 Å². The van der Waals surface area contributed by atoms with E-state index in [0.717, 1.165) is 0 Å². The highest BCUT2D eigenvalue weighted by Gasteiger charge is 2.55. The number of β-lactam (4-membered cyclic amide) rings is 1. The van der Waals surface area contributed by atoms with E-state index in [0.29, 0.717) is 15.9 Å². The van der Waals surface area contributed by atoms with Crippen molar-refractivity contribution in [1.82, 2.24) is 4.90 Å². The lowest BCUT2D eigenvalue weighted by Crippen LogP contribution is -2.68. The SMILES string of the molecule is C[C@@H](O)[C@H]1C(=O)N(C(C(=O)OCOC(=O)C(C)(C)C)=P(c2ccccc2)(c2ccccc2)c2ccccc2)[C@@H]1CC(=O)c1cccc(C(N)=O)c1. The first-order valence-electron chi connectivity index (χ1n) is 16.5. The van der Waals surface area contributed by atoms with Crippen LogP contribution in [0.15, 0.2) is 115 Å². The zero-order valence-electron chi connectivity index (χ0n) is 28.9. The number of primary amides is 1. The smallest absolute Gasteiger partial charge is 0.358 e. The van der Waals surface area contributed by atoms with E-state index in [4.69, 9.17) is 15.2 Å². The Balaban J connectivity index is 1.79. The molecule has 3 atom stereocenters. The molecule has 2 amide bonds. The first kappa shape index (κ1) is 37.0. The number of rotatable bonds is 12. The molecule has 1 aliphatic heterocycles. The number of aliphatic hydroxyl groups is 1. The molecule has 5 rings (SSSR count). The Bertz CT molecular complexity index is 1890. The summed E-state index contributed by atoms with van der Waals surface area (Å²) in [5.41, 5.74) is 4.88. The van der Waals surface area contributed by atoms with Gasteiger partial charge in [0.1, 0.15) is 5.42 Å². The number of benzene rings is 4. The van der Waals surface area contributed by atoms with Gasteiger partial charge in [-0.05, 0) is 55.7 Å². The number of hydrogen-bond acceptors (Lipinski definition) is 8. The summed E-state index contributed by atoms with van der Waals surface area (Å²) in [6.45, 7) is 2.39. The molecule has 0 aromatic heterocycles. The average molecular weight is 709 g/mol. The van der Waals surface area contributed by atoms with Gasteiger partial charge in [0.15, 0.2) is 5.78 Å². The van der Waals surface area contributed by atoms with Crippen molar-refractivity contribution in [2.75, 3.05) is 6.79 Å². The van der Waals surface area contributed by atoms with Crippen LogP contribution in [0.4, 0.5) is 0 Å². The second kappa shape index (κ2) is 15.3. The Morgan fingerprint density at radius 3 is 1.73 bits per heavy atom. The highest BCUT2D eigenvalue weighted by molar-refractivity contribution is 7.96. The van der Waals surface area contributed by atoms with Crippen molar-refractivity contribution in [2.24, 2.45) is 17.1 Å². The molecule has 4 aromatic carbocycles. The van der Waals surface area contributed by atoms with Crippen LogP contribution < -0.4 is 21.6 Å². The summed E-state index contributed by atoms with van der Waals surface area (Å²) in [5, 5.41) is 13.0. The molecule has 11 heteroatoms. The van der Waals surface area contributed by atoms with Crippen molar-refractivity contribution in [2.45, 2.75) is 46.3 Å².